The summed E-state index contributed by atoms with van der Waals surface area (Å²) in [7, 11) is 0. The van der Waals surface area contributed by atoms with E-state index in [4.69, 9.17) is 4.74 Å². The largest absolute Gasteiger partial charge is 0.382 e. The van der Waals surface area contributed by atoms with Gasteiger partial charge in [-0.3, -0.25) is 4.79 Å². The lowest BCUT2D eigenvalue weighted by Gasteiger charge is -2.06. The predicted molar refractivity (Wildman–Crippen MR) is 78.3 cm³/mol. The van der Waals surface area contributed by atoms with E-state index in [9.17, 15) is 4.79 Å². The van der Waals surface area contributed by atoms with Gasteiger partial charge in [0.15, 0.2) is 0 Å². The molecule has 1 amide bonds. The van der Waals surface area contributed by atoms with Crippen LogP contribution in [0.15, 0.2) is 24.3 Å². The fraction of sp³-hybridized carbons (Fsp3) is 0.562. The second-order valence-electron chi connectivity index (χ2n) is 4.57. The third kappa shape index (κ3) is 6.97. The Morgan fingerprint density at radius 3 is 2.47 bits per heavy atom. The van der Waals surface area contributed by atoms with Gasteiger partial charge < -0.3 is 10.1 Å². The van der Waals surface area contributed by atoms with E-state index in [0.29, 0.717) is 13.0 Å². The Morgan fingerprint density at radius 2 is 1.84 bits per heavy atom. The van der Waals surface area contributed by atoms with Crippen LogP contribution in [0, 0.1) is 0 Å². The summed E-state index contributed by atoms with van der Waals surface area (Å²) < 4.78 is 5.22. The predicted octanol–water partition coefficient (Wildman–Crippen LogP) is 2.72. The van der Waals surface area contributed by atoms with Crippen LogP contribution in [-0.2, 0) is 22.4 Å². The molecule has 0 fully saturated rings. The molecule has 19 heavy (non-hydrogen) atoms. The Balaban J connectivity index is 2.15. The van der Waals surface area contributed by atoms with Crippen molar-refractivity contribution >= 4 is 5.91 Å². The molecule has 3 nitrogen and oxygen atoms in total. The first-order valence-electron chi connectivity index (χ1n) is 7.18. The molecule has 0 saturated carbocycles. The Kier molecular flexibility index (Phi) is 7.91. The van der Waals surface area contributed by atoms with Gasteiger partial charge in [-0.1, -0.05) is 31.2 Å². The second-order valence-corrected chi connectivity index (χ2v) is 4.57. The molecular formula is C16H25NO2. The molecule has 0 aliphatic heterocycles. The molecule has 0 heterocycles. The van der Waals surface area contributed by atoms with Gasteiger partial charge in [-0.2, -0.15) is 0 Å². The zero-order valence-electron chi connectivity index (χ0n) is 12.1. The summed E-state index contributed by atoms with van der Waals surface area (Å²) >= 11 is 0. The van der Waals surface area contributed by atoms with E-state index in [1.165, 1.54) is 11.1 Å². The van der Waals surface area contributed by atoms with Crippen LogP contribution < -0.4 is 5.32 Å². The fourth-order valence-corrected chi connectivity index (χ4v) is 1.83. The van der Waals surface area contributed by atoms with E-state index in [2.05, 4.69) is 36.5 Å². The fourth-order valence-electron chi connectivity index (χ4n) is 1.83. The molecule has 106 valence electrons. The summed E-state index contributed by atoms with van der Waals surface area (Å²) in [6, 6.07) is 8.49. The Morgan fingerprint density at radius 1 is 1.16 bits per heavy atom. The van der Waals surface area contributed by atoms with Gasteiger partial charge in [0.2, 0.25) is 5.91 Å². The number of carbonyl (C=O) groups is 1. The molecule has 1 aromatic carbocycles. The van der Waals surface area contributed by atoms with Gasteiger partial charge in [-0.05, 0) is 37.3 Å². The van der Waals surface area contributed by atoms with E-state index in [-0.39, 0.29) is 5.91 Å². The van der Waals surface area contributed by atoms with Crippen molar-refractivity contribution in [2.45, 2.75) is 39.5 Å². The van der Waals surface area contributed by atoms with Gasteiger partial charge in [-0.25, -0.2) is 0 Å². The molecule has 0 aromatic heterocycles. The lowest BCUT2D eigenvalue weighted by molar-refractivity contribution is -0.121. The highest BCUT2D eigenvalue weighted by Gasteiger charge is 2.01. The maximum atomic E-state index is 11.6. The third-order valence-electron chi connectivity index (χ3n) is 3.06. The SMILES string of the molecule is CCOCCCNC(=O)CCc1ccc(CC)cc1. The molecule has 0 aliphatic carbocycles. The highest BCUT2D eigenvalue weighted by atomic mass is 16.5. The third-order valence-corrected chi connectivity index (χ3v) is 3.06. The first kappa shape index (κ1) is 15.7. The van der Waals surface area contributed by atoms with Gasteiger partial charge >= 0.3 is 0 Å². The number of amides is 1. The number of carbonyl (C=O) groups excluding carboxylic acids is 1. The lowest BCUT2D eigenvalue weighted by Crippen LogP contribution is -2.25. The molecule has 0 aliphatic rings. The number of rotatable bonds is 9. The molecule has 0 saturated heterocycles. The molecule has 0 unspecified atom stereocenters. The first-order chi connectivity index (χ1) is 9.26. The maximum Gasteiger partial charge on any atom is 0.220 e. The van der Waals surface area contributed by atoms with Gasteiger partial charge in [0.25, 0.3) is 0 Å². The summed E-state index contributed by atoms with van der Waals surface area (Å²) in [6.07, 6.45) is 3.30. The van der Waals surface area contributed by atoms with E-state index in [1.807, 2.05) is 6.92 Å². The van der Waals surface area contributed by atoms with Crippen molar-refractivity contribution in [2.75, 3.05) is 19.8 Å². The number of nitrogens with one attached hydrogen (secondary N) is 1. The normalized spacial score (nSPS) is 10.4. The van der Waals surface area contributed by atoms with Crippen LogP contribution >= 0.6 is 0 Å². The van der Waals surface area contributed by atoms with Crippen LogP contribution in [0.25, 0.3) is 0 Å². The zero-order chi connectivity index (χ0) is 13.9. The summed E-state index contributed by atoms with van der Waals surface area (Å²) in [4.78, 5) is 11.6. The number of aryl methyl sites for hydroxylation is 2. The summed E-state index contributed by atoms with van der Waals surface area (Å²) in [5.41, 5.74) is 2.56. The summed E-state index contributed by atoms with van der Waals surface area (Å²) in [5.74, 6) is 0.121. The van der Waals surface area contributed by atoms with Crippen LogP contribution in [0.3, 0.4) is 0 Å². The highest BCUT2D eigenvalue weighted by Crippen LogP contribution is 2.07. The Bertz CT molecular complexity index is 360. The minimum Gasteiger partial charge on any atom is -0.382 e. The summed E-state index contributed by atoms with van der Waals surface area (Å²) in [5, 5.41) is 2.92. The average molecular weight is 263 g/mol. The van der Waals surface area contributed by atoms with Crippen molar-refractivity contribution in [3.63, 3.8) is 0 Å². The lowest BCUT2D eigenvalue weighted by atomic mass is 10.1. The van der Waals surface area contributed by atoms with Gasteiger partial charge in [0.05, 0.1) is 0 Å². The second kappa shape index (κ2) is 9.56. The van der Waals surface area contributed by atoms with E-state index >= 15 is 0 Å². The molecule has 1 rings (SSSR count). The molecule has 3 heteroatoms. The zero-order valence-corrected chi connectivity index (χ0v) is 12.1. The van der Waals surface area contributed by atoms with Crippen molar-refractivity contribution in [1.29, 1.82) is 0 Å². The van der Waals surface area contributed by atoms with Crippen LogP contribution in [0.4, 0.5) is 0 Å². The molecule has 0 spiro atoms. The number of benzene rings is 1. The van der Waals surface area contributed by atoms with Crippen LogP contribution in [0.1, 0.15) is 37.8 Å². The van der Waals surface area contributed by atoms with Crippen molar-refractivity contribution in [2.24, 2.45) is 0 Å². The van der Waals surface area contributed by atoms with Gasteiger partial charge in [0.1, 0.15) is 0 Å². The average Bonchev–Trinajstić information content (AvgIpc) is 2.45. The van der Waals surface area contributed by atoms with Crippen LogP contribution in [-0.4, -0.2) is 25.7 Å². The quantitative estimate of drug-likeness (QED) is 0.696. The summed E-state index contributed by atoms with van der Waals surface area (Å²) in [6.45, 7) is 6.28. The monoisotopic (exact) mass is 263 g/mol. The van der Waals surface area contributed by atoms with Crippen molar-refractivity contribution in [3.05, 3.63) is 35.4 Å². The van der Waals surface area contributed by atoms with E-state index in [0.717, 1.165) is 32.5 Å². The molecule has 0 bridgehead atoms. The minimum absolute atomic E-state index is 0.121. The Hall–Kier alpha value is -1.35. The van der Waals surface area contributed by atoms with Crippen molar-refractivity contribution in [3.8, 4) is 0 Å². The first-order valence-corrected chi connectivity index (χ1v) is 7.18. The Labute approximate surface area is 116 Å². The smallest absolute Gasteiger partial charge is 0.220 e. The highest BCUT2D eigenvalue weighted by molar-refractivity contribution is 5.76. The van der Waals surface area contributed by atoms with Crippen LogP contribution in [0.5, 0.6) is 0 Å². The van der Waals surface area contributed by atoms with Gasteiger partial charge in [0, 0.05) is 26.2 Å². The molecular weight excluding hydrogens is 238 g/mol. The standard InChI is InChI=1S/C16H25NO2/c1-3-14-6-8-15(9-7-14)10-11-16(18)17-12-5-13-19-4-2/h6-9H,3-5,10-13H2,1-2H3,(H,17,18). The van der Waals surface area contributed by atoms with Gasteiger partial charge in [-0.15, -0.1) is 0 Å². The molecule has 1 N–H and O–H groups in total. The van der Waals surface area contributed by atoms with E-state index in [1.54, 1.807) is 0 Å². The van der Waals surface area contributed by atoms with Crippen molar-refractivity contribution in [1.82, 2.24) is 5.32 Å². The minimum atomic E-state index is 0.121. The maximum absolute atomic E-state index is 11.6. The number of hydrogen-bond donors (Lipinski definition) is 1. The molecule has 1 aromatic rings. The topological polar surface area (TPSA) is 38.3 Å². The van der Waals surface area contributed by atoms with Crippen LogP contribution in [0.2, 0.25) is 0 Å². The number of ether oxygens (including phenoxy) is 1. The van der Waals surface area contributed by atoms with E-state index < -0.39 is 0 Å². The molecule has 0 radical (unpaired) electrons. The van der Waals surface area contributed by atoms with Crippen molar-refractivity contribution < 1.29 is 9.53 Å². The molecule has 0 atom stereocenters. The number of hydrogen-bond acceptors (Lipinski definition) is 2.